The highest BCUT2D eigenvalue weighted by Crippen LogP contribution is 2.89. The van der Waals surface area contributed by atoms with Gasteiger partial charge in [-0.05, 0) is 121 Å². The van der Waals surface area contributed by atoms with E-state index < -0.39 is 0 Å². The van der Waals surface area contributed by atoms with Gasteiger partial charge in [0.25, 0.3) is 0 Å². The number of aliphatic hydroxyl groups excluding tert-OH is 2. The van der Waals surface area contributed by atoms with Gasteiger partial charge in [-0.1, -0.05) is 53.2 Å². The van der Waals surface area contributed by atoms with Crippen molar-refractivity contribution in [2.45, 2.75) is 118 Å². The van der Waals surface area contributed by atoms with Gasteiger partial charge < -0.3 is 10.2 Å². The van der Waals surface area contributed by atoms with Crippen LogP contribution in [0, 0.1) is 50.7 Å². The highest BCUT2D eigenvalue weighted by atomic mass is 16.3. The first-order valence-electron chi connectivity index (χ1n) is 13.9. The van der Waals surface area contributed by atoms with Crippen molar-refractivity contribution in [3.8, 4) is 0 Å². The molecule has 5 aliphatic rings. The number of hydrogen-bond acceptors (Lipinski definition) is 2. The third kappa shape index (κ3) is 2.78. The van der Waals surface area contributed by atoms with Crippen molar-refractivity contribution >= 4 is 0 Å². The van der Waals surface area contributed by atoms with Crippen LogP contribution < -0.4 is 0 Å². The summed E-state index contributed by atoms with van der Waals surface area (Å²) in [6.07, 6.45) is 15.6. The van der Waals surface area contributed by atoms with Crippen LogP contribution in [0.4, 0.5) is 0 Å². The van der Waals surface area contributed by atoms with E-state index in [9.17, 15) is 10.2 Å². The molecule has 0 unspecified atom stereocenters. The van der Waals surface area contributed by atoms with Crippen molar-refractivity contribution in [3.63, 3.8) is 0 Å². The lowest BCUT2D eigenvalue weighted by Gasteiger charge is -2.63. The third-order valence-electron chi connectivity index (χ3n) is 13.3. The molecule has 0 amide bonds. The van der Waals surface area contributed by atoms with E-state index in [2.05, 4.69) is 41.2 Å². The molecule has 5 rings (SSSR count). The van der Waals surface area contributed by atoms with Gasteiger partial charge in [-0.2, -0.15) is 0 Å². The van der Waals surface area contributed by atoms with Crippen LogP contribution in [0.2, 0.25) is 0 Å². The monoisotopic (exact) mass is 442 g/mol. The van der Waals surface area contributed by atoms with E-state index >= 15 is 0 Å². The van der Waals surface area contributed by atoms with E-state index in [1.807, 2.05) is 0 Å². The molecule has 2 nitrogen and oxygen atoms in total. The largest absolute Gasteiger partial charge is 0.393 e. The van der Waals surface area contributed by atoms with Crippen molar-refractivity contribution in [1.29, 1.82) is 0 Å². The summed E-state index contributed by atoms with van der Waals surface area (Å²) in [5, 5.41) is 20.1. The molecule has 182 valence electrons. The van der Waals surface area contributed by atoms with Crippen LogP contribution in [0.5, 0.6) is 0 Å². The summed E-state index contributed by atoms with van der Waals surface area (Å²) in [6.45, 7) is 16.8. The van der Waals surface area contributed by atoms with E-state index in [1.165, 1.54) is 64.2 Å². The lowest BCUT2D eigenvalue weighted by Crippen LogP contribution is -2.57. The third-order valence-corrected chi connectivity index (χ3v) is 13.3. The normalized spacial score (nSPS) is 51.7. The van der Waals surface area contributed by atoms with E-state index in [0.717, 1.165) is 42.1 Å². The fourth-order valence-corrected chi connectivity index (χ4v) is 11.3. The van der Waals surface area contributed by atoms with Crippen LogP contribution in [0.3, 0.4) is 0 Å². The van der Waals surface area contributed by atoms with Gasteiger partial charge in [-0.25, -0.2) is 0 Å². The smallest absolute Gasteiger partial charge is 0.0639 e. The molecular formula is C30H50O2. The highest BCUT2D eigenvalue weighted by Gasteiger charge is 2.82. The van der Waals surface area contributed by atoms with Crippen LogP contribution in [0.1, 0.15) is 112 Å². The van der Waals surface area contributed by atoms with Crippen molar-refractivity contribution < 1.29 is 10.2 Å². The Labute approximate surface area is 197 Å². The summed E-state index contributed by atoms with van der Waals surface area (Å²) in [5.74, 6) is 3.26. The molecule has 0 heterocycles. The SMILES string of the molecule is C=C(CO)CCC[C@@H](C)[C@H]1CC[C@@]2(C)[C@@H]3CC[C@H]4C(C)(C)[C@@H](O)CC[C@@]45C[C@@]35CC[C@]12C. The molecule has 2 N–H and O–H groups in total. The quantitative estimate of drug-likeness (QED) is 0.429. The van der Waals surface area contributed by atoms with E-state index in [4.69, 9.17) is 0 Å². The lowest BCUT2D eigenvalue weighted by atomic mass is 9.41. The highest BCUT2D eigenvalue weighted by molar-refractivity contribution is 5.30. The molecule has 32 heavy (non-hydrogen) atoms. The minimum atomic E-state index is -0.101. The molecular weight excluding hydrogens is 392 g/mol. The summed E-state index contributed by atoms with van der Waals surface area (Å²) >= 11 is 0. The van der Waals surface area contributed by atoms with Crippen LogP contribution in [0.15, 0.2) is 12.2 Å². The minimum absolute atomic E-state index is 0.0969. The Morgan fingerprint density at radius 2 is 1.59 bits per heavy atom. The first kappa shape index (κ1) is 23.4. The second-order valence-corrected chi connectivity index (χ2v) is 14.3. The van der Waals surface area contributed by atoms with Crippen LogP contribution in [-0.2, 0) is 0 Å². The molecule has 9 atom stereocenters. The zero-order valence-corrected chi connectivity index (χ0v) is 21.7. The summed E-state index contributed by atoms with van der Waals surface area (Å²) < 4.78 is 0. The molecule has 0 aliphatic heterocycles. The number of rotatable bonds is 6. The van der Waals surface area contributed by atoms with Gasteiger partial charge in [0.05, 0.1) is 12.7 Å². The molecule has 0 bridgehead atoms. The molecule has 0 aromatic heterocycles. The topological polar surface area (TPSA) is 40.5 Å². The van der Waals surface area contributed by atoms with Gasteiger partial charge in [0, 0.05) is 0 Å². The molecule has 5 fully saturated rings. The average molecular weight is 443 g/mol. The summed E-state index contributed by atoms with van der Waals surface area (Å²) in [6, 6.07) is 0. The minimum Gasteiger partial charge on any atom is -0.393 e. The van der Waals surface area contributed by atoms with Crippen molar-refractivity contribution in [2.24, 2.45) is 50.7 Å². The van der Waals surface area contributed by atoms with Crippen LogP contribution in [0.25, 0.3) is 0 Å². The van der Waals surface area contributed by atoms with Gasteiger partial charge in [0.2, 0.25) is 0 Å². The second-order valence-electron chi connectivity index (χ2n) is 14.3. The van der Waals surface area contributed by atoms with E-state index in [-0.39, 0.29) is 18.1 Å². The Balaban J connectivity index is 1.36. The van der Waals surface area contributed by atoms with Crippen LogP contribution >= 0.6 is 0 Å². The molecule has 0 aromatic carbocycles. The van der Waals surface area contributed by atoms with Crippen LogP contribution in [-0.4, -0.2) is 22.9 Å². The predicted molar refractivity (Wildman–Crippen MR) is 132 cm³/mol. The number of aliphatic hydroxyl groups is 2. The van der Waals surface area contributed by atoms with E-state index in [0.29, 0.717) is 21.7 Å². The zero-order chi connectivity index (χ0) is 23.2. The fourth-order valence-electron chi connectivity index (χ4n) is 11.3. The molecule has 5 saturated carbocycles. The average Bonchev–Trinajstić information content (AvgIpc) is 3.33. The predicted octanol–water partition coefficient (Wildman–Crippen LogP) is 7.14. The molecule has 2 heteroatoms. The first-order valence-corrected chi connectivity index (χ1v) is 13.9. The Kier molecular flexibility index (Phi) is 5.36. The number of hydrogen-bond donors (Lipinski definition) is 2. The first-order chi connectivity index (χ1) is 15.0. The summed E-state index contributed by atoms with van der Waals surface area (Å²) in [7, 11) is 0. The van der Waals surface area contributed by atoms with Crippen molar-refractivity contribution in [3.05, 3.63) is 12.2 Å². The van der Waals surface area contributed by atoms with Gasteiger partial charge in [0.1, 0.15) is 0 Å². The molecule has 0 radical (unpaired) electrons. The Morgan fingerprint density at radius 3 is 2.31 bits per heavy atom. The van der Waals surface area contributed by atoms with E-state index in [1.54, 1.807) is 0 Å². The molecule has 0 aromatic rings. The van der Waals surface area contributed by atoms with Gasteiger partial charge >= 0.3 is 0 Å². The van der Waals surface area contributed by atoms with Crippen molar-refractivity contribution in [2.75, 3.05) is 6.61 Å². The lowest BCUT2D eigenvalue weighted by molar-refractivity contribution is -0.161. The maximum absolute atomic E-state index is 10.8. The van der Waals surface area contributed by atoms with Gasteiger partial charge in [-0.15, -0.1) is 0 Å². The summed E-state index contributed by atoms with van der Waals surface area (Å²) in [5.41, 5.74) is 3.22. The fraction of sp³-hybridized carbons (Fsp3) is 0.933. The molecule has 2 spiro atoms. The Bertz CT molecular complexity index is 771. The summed E-state index contributed by atoms with van der Waals surface area (Å²) in [4.78, 5) is 0. The molecule has 0 saturated heterocycles. The second kappa shape index (κ2) is 7.33. The Hall–Kier alpha value is -0.340. The van der Waals surface area contributed by atoms with Crippen molar-refractivity contribution in [1.82, 2.24) is 0 Å². The maximum atomic E-state index is 10.8. The zero-order valence-electron chi connectivity index (χ0n) is 21.7. The van der Waals surface area contributed by atoms with Gasteiger partial charge in [-0.3, -0.25) is 0 Å². The van der Waals surface area contributed by atoms with Gasteiger partial charge in [0.15, 0.2) is 0 Å². The number of fused-ring (bicyclic) bond motifs is 2. The standard InChI is InChI=1S/C30H50O2/c1-20(18-31)8-7-9-21(2)22-12-14-28(6)24-11-10-23-26(3,4)25(32)13-15-29(23)19-30(24,29)17-16-27(22,28)5/h21-25,31-32H,1,7-19H2,2-6H3/t21-,22-,23+,24+,25+,27-,28+,29-,30+/m1/s1. The maximum Gasteiger partial charge on any atom is 0.0639 e. The molecule has 5 aliphatic carbocycles. The Morgan fingerprint density at radius 1 is 0.906 bits per heavy atom.